The Labute approximate surface area is 105 Å². The lowest BCUT2D eigenvalue weighted by atomic mass is 10.3. The molecule has 0 bridgehead atoms. The van der Waals surface area contributed by atoms with Crippen molar-refractivity contribution in [1.82, 2.24) is 9.13 Å². The second kappa shape index (κ2) is 4.64. The lowest BCUT2D eigenvalue weighted by Crippen LogP contribution is -2.40. The van der Waals surface area contributed by atoms with E-state index < -0.39 is 0 Å². The van der Waals surface area contributed by atoms with Gasteiger partial charge in [-0.25, -0.2) is 9.36 Å². The summed E-state index contributed by atoms with van der Waals surface area (Å²) < 4.78 is 2.79. The quantitative estimate of drug-likeness (QED) is 0.809. The van der Waals surface area contributed by atoms with Crippen LogP contribution in [0, 0.1) is 6.92 Å². The van der Waals surface area contributed by atoms with E-state index in [9.17, 15) is 9.59 Å². The molecule has 0 spiro atoms. The van der Waals surface area contributed by atoms with Crippen LogP contribution in [0.2, 0.25) is 0 Å². The standard InChI is InChI=1S/C14H16N2O2/c1-10(2)15-9-11(3)13(17)16(14(15)18)12-7-5-4-6-8-12/h4-10H,1-3H3. The summed E-state index contributed by atoms with van der Waals surface area (Å²) in [5.74, 6) is 0. The van der Waals surface area contributed by atoms with Gasteiger partial charge in [0.25, 0.3) is 5.56 Å². The highest BCUT2D eigenvalue weighted by atomic mass is 16.2. The summed E-state index contributed by atoms with van der Waals surface area (Å²) in [6.07, 6.45) is 1.62. The van der Waals surface area contributed by atoms with E-state index in [1.807, 2.05) is 32.0 Å². The minimum atomic E-state index is -0.299. The summed E-state index contributed by atoms with van der Waals surface area (Å²) in [5, 5.41) is 0. The summed E-state index contributed by atoms with van der Waals surface area (Å²) in [6.45, 7) is 5.56. The second-order valence-corrected chi connectivity index (χ2v) is 4.57. The Morgan fingerprint density at radius 2 is 1.67 bits per heavy atom. The van der Waals surface area contributed by atoms with Crippen molar-refractivity contribution >= 4 is 0 Å². The van der Waals surface area contributed by atoms with Gasteiger partial charge >= 0.3 is 5.69 Å². The van der Waals surface area contributed by atoms with Gasteiger partial charge < -0.3 is 0 Å². The summed E-state index contributed by atoms with van der Waals surface area (Å²) in [4.78, 5) is 24.4. The van der Waals surface area contributed by atoms with Gasteiger partial charge in [-0.15, -0.1) is 0 Å². The van der Waals surface area contributed by atoms with Crippen LogP contribution in [0.25, 0.3) is 5.69 Å². The molecular weight excluding hydrogens is 228 g/mol. The van der Waals surface area contributed by atoms with E-state index in [0.717, 1.165) is 0 Å². The lowest BCUT2D eigenvalue weighted by molar-refractivity contribution is 0.543. The van der Waals surface area contributed by atoms with E-state index in [1.54, 1.807) is 29.8 Å². The Balaban J connectivity index is 2.83. The molecule has 1 heterocycles. The normalized spacial score (nSPS) is 10.9. The monoisotopic (exact) mass is 244 g/mol. The molecule has 0 unspecified atom stereocenters. The molecule has 1 aromatic carbocycles. The molecule has 0 saturated heterocycles. The highest BCUT2D eigenvalue weighted by Gasteiger charge is 2.11. The zero-order chi connectivity index (χ0) is 13.3. The maximum absolute atomic E-state index is 12.3. The van der Waals surface area contributed by atoms with Crippen LogP contribution in [0.3, 0.4) is 0 Å². The fourth-order valence-electron chi connectivity index (χ4n) is 1.87. The number of hydrogen-bond acceptors (Lipinski definition) is 2. The number of nitrogens with zero attached hydrogens (tertiary/aromatic N) is 2. The van der Waals surface area contributed by atoms with Crippen molar-refractivity contribution in [2.75, 3.05) is 0 Å². The third kappa shape index (κ3) is 2.01. The summed E-state index contributed by atoms with van der Waals surface area (Å²) >= 11 is 0. The molecule has 0 atom stereocenters. The van der Waals surface area contributed by atoms with Gasteiger partial charge in [-0.2, -0.15) is 0 Å². The molecular formula is C14H16N2O2. The Bertz CT molecular complexity index is 666. The number of hydrogen-bond donors (Lipinski definition) is 0. The predicted octanol–water partition coefficient (Wildman–Crippen LogP) is 1.89. The first kappa shape index (κ1) is 12.4. The van der Waals surface area contributed by atoms with Crippen LogP contribution in [-0.2, 0) is 0 Å². The SMILES string of the molecule is Cc1cn(C(C)C)c(=O)n(-c2ccccc2)c1=O. The van der Waals surface area contributed by atoms with Crippen LogP contribution in [0.1, 0.15) is 25.5 Å². The van der Waals surface area contributed by atoms with Gasteiger partial charge in [0, 0.05) is 17.8 Å². The van der Waals surface area contributed by atoms with Crippen LogP contribution < -0.4 is 11.2 Å². The van der Waals surface area contributed by atoms with Gasteiger partial charge in [-0.3, -0.25) is 9.36 Å². The van der Waals surface area contributed by atoms with Gasteiger partial charge in [0.05, 0.1) is 5.69 Å². The van der Waals surface area contributed by atoms with E-state index in [0.29, 0.717) is 11.3 Å². The van der Waals surface area contributed by atoms with Gasteiger partial charge in [0.2, 0.25) is 0 Å². The number of aryl methyl sites for hydroxylation is 1. The average molecular weight is 244 g/mol. The van der Waals surface area contributed by atoms with Crippen molar-refractivity contribution < 1.29 is 0 Å². The van der Waals surface area contributed by atoms with Crippen LogP contribution in [0.15, 0.2) is 46.1 Å². The van der Waals surface area contributed by atoms with Crippen molar-refractivity contribution in [2.45, 2.75) is 26.8 Å². The van der Waals surface area contributed by atoms with Crippen LogP contribution in [-0.4, -0.2) is 9.13 Å². The Morgan fingerprint density at radius 3 is 2.22 bits per heavy atom. The van der Waals surface area contributed by atoms with Crippen LogP contribution >= 0.6 is 0 Å². The zero-order valence-electron chi connectivity index (χ0n) is 10.8. The first-order chi connectivity index (χ1) is 8.52. The molecule has 1 aromatic heterocycles. The fraction of sp³-hybridized carbons (Fsp3) is 0.286. The van der Waals surface area contributed by atoms with Crippen molar-refractivity contribution in [3.8, 4) is 5.69 Å². The summed E-state index contributed by atoms with van der Waals surface area (Å²) in [7, 11) is 0. The molecule has 2 rings (SSSR count). The zero-order valence-corrected chi connectivity index (χ0v) is 10.8. The first-order valence-electron chi connectivity index (χ1n) is 5.92. The maximum atomic E-state index is 12.3. The topological polar surface area (TPSA) is 44.0 Å². The Hall–Kier alpha value is -2.10. The van der Waals surface area contributed by atoms with Crippen molar-refractivity contribution in [3.05, 3.63) is 62.9 Å². The molecule has 0 radical (unpaired) electrons. The molecule has 0 fully saturated rings. The Kier molecular flexibility index (Phi) is 3.19. The largest absolute Gasteiger partial charge is 0.335 e. The molecule has 4 nitrogen and oxygen atoms in total. The number of rotatable bonds is 2. The highest BCUT2D eigenvalue weighted by molar-refractivity contribution is 5.31. The third-order valence-corrected chi connectivity index (χ3v) is 2.86. The van der Waals surface area contributed by atoms with Gasteiger partial charge in [-0.05, 0) is 32.9 Å². The van der Waals surface area contributed by atoms with E-state index in [4.69, 9.17) is 0 Å². The lowest BCUT2D eigenvalue weighted by Gasteiger charge is -2.14. The first-order valence-corrected chi connectivity index (χ1v) is 5.92. The van der Waals surface area contributed by atoms with Crippen molar-refractivity contribution in [3.63, 3.8) is 0 Å². The number of benzene rings is 1. The molecule has 0 aliphatic carbocycles. The Morgan fingerprint density at radius 1 is 1.06 bits per heavy atom. The molecule has 2 aromatic rings. The smallest absolute Gasteiger partial charge is 0.297 e. The number of para-hydroxylation sites is 1. The molecule has 0 aliphatic heterocycles. The molecule has 0 N–H and O–H groups in total. The molecule has 0 aliphatic rings. The molecule has 18 heavy (non-hydrogen) atoms. The number of aromatic nitrogens is 2. The molecule has 94 valence electrons. The summed E-state index contributed by atoms with van der Waals surface area (Å²) in [5.41, 5.74) is 0.604. The van der Waals surface area contributed by atoms with Crippen LogP contribution in [0.4, 0.5) is 0 Å². The average Bonchev–Trinajstić information content (AvgIpc) is 2.35. The minimum Gasteiger partial charge on any atom is -0.297 e. The fourth-order valence-corrected chi connectivity index (χ4v) is 1.87. The minimum absolute atomic E-state index is 0.0202. The van der Waals surface area contributed by atoms with Crippen molar-refractivity contribution in [2.24, 2.45) is 0 Å². The van der Waals surface area contributed by atoms with E-state index in [2.05, 4.69) is 0 Å². The third-order valence-electron chi connectivity index (χ3n) is 2.86. The molecule has 4 heteroatoms. The highest BCUT2D eigenvalue weighted by Crippen LogP contribution is 2.04. The van der Waals surface area contributed by atoms with Gasteiger partial charge in [-0.1, -0.05) is 18.2 Å². The molecule has 0 amide bonds. The van der Waals surface area contributed by atoms with Crippen molar-refractivity contribution in [1.29, 1.82) is 0 Å². The summed E-state index contributed by atoms with van der Waals surface area (Å²) in [6, 6.07) is 9.00. The van der Waals surface area contributed by atoms with E-state index in [1.165, 1.54) is 4.57 Å². The second-order valence-electron chi connectivity index (χ2n) is 4.57. The predicted molar refractivity (Wildman–Crippen MR) is 71.4 cm³/mol. The van der Waals surface area contributed by atoms with E-state index >= 15 is 0 Å². The molecule has 0 saturated carbocycles. The van der Waals surface area contributed by atoms with Gasteiger partial charge in [0.1, 0.15) is 0 Å². The van der Waals surface area contributed by atoms with Gasteiger partial charge in [0.15, 0.2) is 0 Å². The van der Waals surface area contributed by atoms with Crippen LogP contribution in [0.5, 0.6) is 0 Å². The maximum Gasteiger partial charge on any atom is 0.335 e. The van der Waals surface area contributed by atoms with E-state index in [-0.39, 0.29) is 17.3 Å².